The molecule has 0 spiro atoms. The van der Waals surface area contributed by atoms with Crippen molar-refractivity contribution >= 4 is 15.7 Å². The number of anilines is 1. The van der Waals surface area contributed by atoms with Crippen LogP contribution in [0.5, 0.6) is 5.75 Å². The van der Waals surface area contributed by atoms with E-state index in [1.165, 1.54) is 25.3 Å². The summed E-state index contributed by atoms with van der Waals surface area (Å²) >= 11 is 0. The maximum atomic E-state index is 12.2. The summed E-state index contributed by atoms with van der Waals surface area (Å²) in [5.41, 5.74) is 6.07. The van der Waals surface area contributed by atoms with Gasteiger partial charge in [0.2, 0.25) is 10.0 Å². The molecule has 1 aromatic rings. The van der Waals surface area contributed by atoms with Crippen molar-refractivity contribution < 1.29 is 17.9 Å². The molecule has 7 heteroatoms. The number of hydrogen-bond donors (Lipinski definition) is 2. The summed E-state index contributed by atoms with van der Waals surface area (Å²) in [6.07, 6.45) is 1.71. The lowest BCUT2D eigenvalue weighted by Gasteiger charge is -2.11. The van der Waals surface area contributed by atoms with Gasteiger partial charge in [0.25, 0.3) is 0 Å². The smallest absolute Gasteiger partial charge is 0.244 e. The highest BCUT2D eigenvalue weighted by molar-refractivity contribution is 7.89. The van der Waals surface area contributed by atoms with Crippen molar-refractivity contribution in [1.82, 2.24) is 4.72 Å². The van der Waals surface area contributed by atoms with Crippen LogP contribution in [0.25, 0.3) is 0 Å². The Bertz CT molecular complexity index is 544. The van der Waals surface area contributed by atoms with Crippen LogP contribution >= 0.6 is 0 Å². The van der Waals surface area contributed by atoms with Crippen LogP contribution in [-0.2, 0) is 14.8 Å². The SMILES string of the molecule is COc1cc(N)ccc1S(=O)(=O)NCCCCOC(C)C. The van der Waals surface area contributed by atoms with E-state index in [1.54, 1.807) is 0 Å². The molecule has 0 heterocycles. The molecule has 1 rings (SSSR count). The Hall–Kier alpha value is -1.31. The van der Waals surface area contributed by atoms with Gasteiger partial charge in [-0.05, 0) is 38.8 Å². The van der Waals surface area contributed by atoms with Crippen LogP contribution in [0.2, 0.25) is 0 Å². The summed E-state index contributed by atoms with van der Waals surface area (Å²) in [5.74, 6) is 0.241. The summed E-state index contributed by atoms with van der Waals surface area (Å²) < 4.78 is 37.4. The van der Waals surface area contributed by atoms with Crippen LogP contribution < -0.4 is 15.2 Å². The minimum absolute atomic E-state index is 0.0950. The molecule has 0 aromatic heterocycles. The summed E-state index contributed by atoms with van der Waals surface area (Å²) in [7, 11) is -2.18. The van der Waals surface area contributed by atoms with Gasteiger partial charge in [0, 0.05) is 24.9 Å². The highest BCUT2D eigenvalue weighted by atomic mass is 32.2. The number of sulfonamides is 1. The Morgan fingerprint density at radius 3 is 2.62 bits per heavy atom. The van der Waals surface area contributed by atoms with E-state index in [9.17, 15) is 8.42 Å². The molecule has 0 radical (unpaired) electrons. The largest absolute Gasteiger partial charge is 0.495 e. The van der Waals surface area contributed by atoms with E-state index in [0.29, 0.717) is 25.3 Å². The van der Waals surface area contributed by atoms with Gasteiger partial charge < -0.3 is 15.2 Å². The Balaban J connectivity index is 2.54. The molecule has 0 saturated carbocycles. The molecule has 3 N–H and O–H groups in total. The van der Waals surface area contributed by atoms with Crippen LogP contribution in [0.4, 0.5) is 5.69 Å². The summed E-state index contributed by atoms with van der Waals surface area (Å²) in [6, 6.07) is 4.47. The van der Waals surface area contributed by atoms with Gasteiger partial charge >= 0.3 is 0 Å². The van der Waals surface area contributed by atoms with E-state index >= 15 is 0 Å². The summed E-state index contributed by atoms with van der Waals surface area (Å²) in [4.78, 5) is 0.0950. The van der Waals surface area contributed by atoms with Crippen LogP contribution in [0.3, 0.4) is 0 Å². The van der Waals surface area contributed by atoms with Gasteiger partial charge in [0.05, 0.1) is 13.2 Å². The molecule has 0 fully saturated rings. The zero-order chi connectivity index (χ0) is 15.9. The Labute approximate surface area is 126 Å². The average molecular weight is 316 g/mol. The third-order valence-corrected chi connectivity index (χ3v) is 4.29. The molecule has 0 aliphatic rings. The predicted molar refractivity (Wildman–Crippen MR) is 82.9 cm³/mol. The fraction of sp³-hybridized carbons (Fsp3) is 0.571. The second-order valence-electron chi connectivity index (χ2n) is 4.93. The van der Waals surface area contributed by atoms with Gasteiger partial charge in [0.1, 0.15) is 10.6 Å². The highest BCUT2D eigenvalue weighted by Crippen LogP contribution is 2.25. The monoisotopic (exact) mass is 316 g/mol. The molecule has 21 heavy (non-hydrogen) atoms. The normalized spacial score (nSPS) is 11.8. The molecule has 0 amide bonds. The average Bonchev–Trinajstić information content (AvgIpc) is 2.41. The van der Waals surface area contributed by atoms with Crippen LogP contribution in [0.15, 0.2) is 23.1 Å². The zero-order valence-corrected chi connectivity index (χ0v) is 13.6. The maximum Gasteiger partial charge on any atom is 0.244 e. The zero-order valence-electron chi connectivity index (χ0n) is 12.8. The lowest BCUT2D eigenvalue weighted by molar-refractivity contribution is 0.0762. The summed E-state index contributed by atoms with van der Waals surface area (Å²) in [5, 5.41) is 0. The molecule has 0 saturated heterocycles. The van der Waals surface area contributed by atoms with Crippen molar-refractivity contribution in [3.8, 4) is 5.75 Å². The van der Waals surface area contributed by atoms with E-state index < -0.39 is 10.0 Å². The number of ether oxygens (including phenoxy) is 2. The molecular formula is C14H24N2O4S. The van der Waals surface area contributed by atoms with Crippen LogP contribution in [-0.4, -0.2) is 34.8 Å². The van der Waals surface area contributed by atoms with E-state index in [0.717, 1.165) is 6.42 Å². The van der Waals surface area contributed by atoms with E-state index in [-0.39, 0.29) is 16.7 Å². The van der Waals surface area contributed by atoms with Crippen molar-refractivity contribution in [1.29, 1.82) is 0 Å². The van der Waals surface area contributed by atoms with Crippen molar-refractivity contribution in [2.24, 2.45) is 0 Å². The number of hydrogen-bond acceptors (Lipinski definition) is 5. The predicted octanol–water partition coefficient (Wildman–Crippen LogP) is 1.76. The van der Waals surface area contributed by atoms with Gasteiger partial charge in [-0.25, -0.2) is 13.1 Å². The molecule has 0 bridgehead atoms. The summed E-state index contributed by atoms with van der Waals surface area (Å²) in [6.45, 7) is 4.92. The molecule has 0 atom stereocenters. The Morgan fingerprint density at radius 2 is 2.00 bits per heavy atom. The van der Waals surface area contributed by atoms with Crippen molar-refractivity contribution in [2.45, 2.75) is 37.7 Å². The first-order valence-corrected chi connectivity index (χ1v) is 8.40. The molecular weight excluding hydrogens is 292 g/mol. The molecule has 1 aromatic carbocycles. The minimum Gasteiger partial charge on any atom is -0.495 e. The third-order valence-electron chi connectivity index (χ3n) is 2.79. The number of rotatable bonds is 9. The van der Waals surface area contributed by atoms with Crippen molar-refractivity contribution in [3.63, 3.8) is 0 Å². The molecule has 0 aliphatic carbocycles. The Kier molecular flexibility index (Phi) is 6.94. The second-order valence-corrected chi connectivity index (χ2v) is 6.67. The number of nitrogen functional groups attached to an aromatic ring is 1. The minimum atomic E-state index is -3.59. The van der Waals surface area contributed by atoms with E-state index in [4.69, 9.17) is 15.2 Å². The first-order chi connectivity index (χ1) is 9.86. The molecule has 0 unspecified atom stereocenters. The maximum absolute atomic E-state index is 12.2. The van der Waals surface area contributed by atoms with Crippen LogP contribution in [0.1, 0.15) is 26.7 Å². The highest BCUT2D eigenvalue weighted by Gasteiger charge is 2.18. The first-order valence-electron chi connectivity index (χ1n) is 6.91. The van der Waals surface area contributed by atoms with Crippen molar-refractivity contribution in [2.75, 3.05) is 26.0 Å². The van der Waals surface area contributed by atoms with Gasteiger partial charge in [-0.15, -0.1) is 0 Å². The number of nitrogens with one attached hydrogen (secondary N) is 1. The van der Waals surface area contributed by atoms with Crippen LogP contribution in [0, 0.1) is 0 Å². The molecule has 6 nitrogen and oxygen atoms in total. The van der Waals surface area contributed by atoms with Crippen molar-refractivity contribution in [3.05, 3.63) is 18.2 Å². The quantitative estimate of drug-likeness (QED) is 0.535. The molecule has 120 valence electrons. The third kappa shape index (κ3) is 5.91. The Morgan fingerprint density at radius 1 is 1.29 bits per heavy atom. The van der Waals surface area contributed by atoms with Gasteiger partial charge in [-0.2, -0.15) is 0 Å². The first kappa shape index (κ1) is 17.7. The lowest BCUT2D eigenvalue weighted by Crippen LogP contribution is -2.25. The van der Waals surface area contributed by atoms with Gasteiger partial charge in [-0.1, -0.05) is 0 Å². The topological polar surface area (TPSA) is 90.7 Å². The lowest BCUT2D eigenvalue weighted by atomic mass is 10.3. The molecule has 0 aliphatic heterocycles. The number of nitrogens with two attached hydrogens (primary N) is 1. The van der Waals surface area contributed by atoms with E-state index in [2.05, 4.69) is 4.72 Å². The fourth-order valence-corrected chi connectivity index (χ4v) is 2.96. The van der Waals surface area contributed by atoms with Gasteiger partial charge in [0.15, 0.2) is 0 Å². The number of benzene rings is 1. The van der Waals surface area contributed by atoms with Gasteiger partial charge in [-0.3, -0.25) is 0 Å². The fourth-order valence-electron chi connectivity index (χ4n) is 1.74. The standard InChI is InChI=1S/C14H24N2O4S/c1-11(2)20-9-5-4-8-16-21(17,18)14-7-6-12(15)10-13(14)19-3/h6-7,10-11,16H,4-5,8-9,15H2,1-3H3. The number of methoxy groups -OCH3 is 1. The second kappa shape index (κ2) is 8.21. The van der Waals surface area contributed by atoms with E-state index in [1.807, 2.05) is 13.8 Å². The number of unbranched alkanes of at least 4 members (excludes halogenated alkanes) is 1.